The minimum atomic E-state index is -0.434. The summed E-state index contributed by atoms with van der Waals surface area (Å²) in [4.78, 5) is 13.5. The molecule has 0 spiro atoms. The molecule has 1 heterocycles. The quantitative estimate of drug-likeness (QED) is 0.529. The van der Waals surface area contributed by atoms with E-state index in [9.17, 15) is 4.79 Å². The highest BCUT2D eigenvalue weighted by Gasteiger charge is 2.15. The van der Waals surface area contributed by atoms with Gasteiger partial charge in [-0.15, -0.1) is 0 Å². The zero-order valence-electron chi connectivity index (χ0n) is 7.21. The van der Waals surface area contributed by atoms with Crippen LogP contribution in [0.4, 0.5) is 5.69 Å². The number of nitrogens with zero attached hydrogens (tertiary/aromatic N) is 1. The van der Waals surface area contributed by atoms with Crippen LogP contribution >= 0.6 is 0 Å². The minimum Gasteiger partial charge on any atom is -0.455 e. The molecule has 0 aromatic heterocycles. The molecule has 4 heteroatoms. The van der Waals surface area contributed by atoms with Gasteiger partial charge in [0, 0.05) is 5.56 Å². The van der Waals surface area contributed by atoms with Crippen molar-refractivity contribution in [3.05, 3.63) is 42.4 Å². The van der Waals surface area contributed by atoms with Crippen molar-refractivity contribution < 1.29 is 14.3 Å². The Kier molecular flexibility index (Phi) is 2.30. The molecule has 0 atom stereocenters. The Morgan fingerprint density at radius 3 is 2.79 bits per heavy atom. The minimum absolute atomic E-state index is 0.434. The number of rotatable bonds is 2. The molecule has 0 unspecified atom stereocenters. The lowest BCUT2D eigenvalue weighted by atomic mass is 10.2. The topological polar surface area (TPSA) is 47.9 Å². The normalized spacial score (nSPS) is 14.3. The molecule has 14 heavy (non-hydrogen) atoms. The smallest absolute Gasteiger partial charge is 0.266 e. The first kappa shape index (κ1) is 8.53. The standard InChI is InChI=1S/C10H7NO3/c12-7-11-9-3-1-2-8(6-9)10-13-4-5-14-10/h1-6,10H. The molecule has 0 radical (unpaired) electrons. The van der Waals surface area contributed by atoms with Gasteiger partial charge >= 0.3 is 0 Å². The Balaban J connectivity index is 2.25. The van der Waals surface area contributed by atoms with Crippen LogP contribution in [0.25, 0.3) is 0 Å². The predicted octanol–water partition coefficient (Wildman–Crippen LogP) is 2.17. The number of hydrogen-bond donors (Lipinski definition) is 0. The molecule has 0 N–H and O–H groups in total. The molecule has 0 bridgehead atoms. The molecule has 1 aliphatic rings. The van der Waals surface area contributed by atoms with Crippen LogP contribution in [0.3, 0.4) is 0 Å². The highest BCUT2D eigenvalue weighted by molar-refractivity contribution is 5.50. The van der Waals surface area contributed by atoms with Gasteiger partial charge < -0.3 is 9.47 Å². The molecule has 0 fully saturated rings. The third-order valence-corrected chi connectivity index (χ3v) is 1.78. The van der Waals surface area contributed by atoms with Gasteiger partial charge in [-0.3, -0.25) is 0 Å². The molecule has 70 valence electrons. The van der Waals surface area contributed by atoms with Gasteiger partial charge in [-0.1, -0.05) is 12.1 Å². The Labute approximate surface area is 80.5 Å². The van der Waals surface area contributed by atoms with Gasteiger partial charge in [-0.25, -0.2) is 4.79 Å². The van der Waals surface area contributed by atoms with E-state index in [2.05, 4.69) is 4.99 Å². The molecular formula is C10H7NO3. The maximum absolute atomic E-state index is 10.0. The number of aliphatic imine (C=N–C) groups is 1. The van der Waals surface area contributed by atoms with E-state index in [0.717, 1.165) is 5.56 Å². The van der Waals surface area contributed by atoms with Gasteiger partial charge in [-0.2, -0.15) is 4.99 Å². The van der Waals surface area contributed by atoms with Crippen LogP contribution in [-0.4, -0.2) is 6.08 Å². The van der Waals surface area contributed by atoms with Crippen molar-refractivity contribution in [1.29, 1.82) is 0 Å². The maximum Gasteiger partial charge on any atom is 0.266 e. The van der Waals surface area contributed by atoms with Crippen molar-refractivity contribution in [2.75, 3.05) is 0 Å². The summed E-state index contributed by atoms with van der Waals surface area (Å²) in [6, 6.07) is 7.03. The molecule has 2 rings (SSSR count). The fourth-order valence-corrected chi connectivity index (χ4v) is 1.19. The fourth-order valence-electron chi connectivity index (χ4n) is 1.19. The molecule has 0 saturated heterocycles. The van der Waals surface area contributed by atoms with Gasteiger partial charge in [0.15, 0.2) is 0 Å². The summed E-state index contributed by atoms with van der Waals surface area (Å²) >= 11 is 0. The van der Waals surface area contributed by atoms with Crippen LogP contribution in [0.1, 0.15) is 11.9 Å². The molecule has 0 aliphatic carbocycles. The van der Waals surface area contributed by atoms with E-state index in [1.54, 1.807) is 18.2 Å². The number of carbonyl (C=O) groups excluding carboxylic acids is 1. The van der Waals surface area contributed by atoms with E-state index in [0.29, 0.717) is 5.69 Å². The first-order valence-electron chi connectivity index (χ1n) is 4.04. The van der Waals surface area contributed by atoms with E-state index in [1.165, 1.54) is 18.6 Å². The van der Waals surface area contributed by atoms with E-state index >= 15 is 0 Å². The van der Waals surface area contributed by atoms with Crippen LogP contribution in [-0.2, 0) is 14.3 Å². The fraction of sp³-hybridized carbons (Fsp3) is 0.100. The number of ether oxygens (including phenoxy) is 2. The lowest BCUT2D eigenvalue weighted by Crippen LogP contribution is -1.96. The SMILES string of the molecule is O=C=Nc1cccc(C2OC=CO2)c1. The van der Waals surface area contributed by atoms with Gasteiger partial charge in [0.2, 0.25) is 6.08 Å². The second-order valence-corrected chi connectivity index (χ2v) is 2.67. The third kappa shape index (κ3) is 1.65. The van der Waals surface area contributed by atoms with E-state index in [1.807, 2.05) is 6.07 Å². The predicted molar refractivity (Wildman–Crippen MR) is 48.3 cm³/mol. The Hall–Kier alpha value is -2.06. The number of hydrogen-bond acceptors (Lipinski definition) is 4. The molecule has 0 amide bonds. The molecule has 1 aromatic rings. The molecular weight excluding hydrogens is 182 g/mol. The maximum atomic E-state index is 10.0. The van der Waals surface area contributed by atoms with Crippen LogP contribution in [0.15, 0.2) is 41.8 Å². The monoisotopic (exact) mass is 189 g/mol. The van der Waals surface area contributed by atoms with Crippen molar-refractivity contribution in [2.24, 2.45) is 4.99 Å². The van der Waals surface area contributed by atoms with E-state index < -0.39 is 6.29 Å². The zero-order valence-corrected chi connectivity index (χ0v) is 7.21. The van der Waals surface area contributed by atoms with E-state index in [4.69, 9.17) is 9.47 Å². The van der Waals surface area contributed by atoms with Crippen molar-refractivity contribution in [2.45, 2.75) is 6.29 Å². The second-order valence-electron chi connectivity index (χ2n) is 2.67. The summed E-state index contributed by atoms with van der Waals surface area (Å²) in [6.07, 6.45) is 3.99. The van der Waals surface area contributed by atoms with Gasteiger partial charge in [0.05, 0.1) is 5.69 Å². The average molecular weight is 189 g/mol. The van der Waals surface area contributed by atoms with Crippen LogP contribution < -0.4 is 0 Å². The largest absolute Gasteiger partial charge is 0.455 e. The third-order valence-electron chi connectivity index (χ3n) is 1.78. The second kappa shape index (κ2) is 3.77. The van der Waals surface area contributed by atoms with Crippen LogP contribution in [0.2, 0.25) is 0 Å². The Morgan fingerprint density at radius 1 is 1.29 bits per heavy atom. The summed E-state index contributed by atoms with van der Waals surface area (Å²) in [6.45, 7) is 0. The first-order valence-corrected chi connectivity index (χ1v) is 4.04. The summed E-state index contributed by atoms with van der Waals surface area (Å²) in [5.41, 5.74) is 1.35. The van der Waals surface area contributed by atoms with Crippen molar-refractivity contribution in [1.82, 2.24) is 0 Å². The highest BCUT2D eigenvalue weighted by Crippen LogP contribution is 2.26. The van der Waals surface area contributed by atoms with Gasteiger partial charge in [-0.05, 0) is 12.1 Å². The van der Waals surface area contributed by atoms with Crippen LogP contribution in [0.5, 0.6) is 0 Å². The van der Waals surface area contributed by atoms with E-state index in [-0.39, 0.29) is 0 Å². The van der Waals surface area contributed by atoms with Crippen molar-refractivity contribution in [3.8, 4) is 0 Å². The van der Waals surface area contributed by atoms with Crippen molar-refractivity contribution in [3.63, 3.8) is 0 Å². The van der Waals surface area contributed by atoms with Crippen LogP contribution in [0, 0.1) is 0 Å². The van der Waals surface area contributed by atoms with Gasteiger partial charge in [0.1, 0.15) is 12.5 Å². The summed E-state index contributed by atoms with van der Waals surface area (Å²) in [5.74, 6) is 0. The number of benzene rings is 1. The molecule has 1 aromatic carbocycles. The lowest BCUT2D eigenvalue weighted by molar-refractivity contribution is -0.0245. The molecule has 0 saturated carbocycles. The summed E-state index contributed by atoms with van der Waals surface area (Å²) in [7, 11) is 0. The summed E-state index contributed by atoms with van der Waals surface area (Å²) < 4.78 is 10.3. The zero-order chi connectivity index (χ0) is 9.80. The summed E-state index contributed by atoms with van der Waals surface area (Å²) in [5, 5.41) is 0. The average Bonchev–Trinajstić information content (AvgIpc) is 2.71. The van der Waals surface area contributed by atoms with Gasteiger partial charge in [0.25, 0.3) is 6.29 Å². The Bertz CT molecular complexity index is 400. The highest BCUT2D eigenvalue weighted by atomic mass is 16.7. The number of isocyanates is 1. The van der Waals surface area contributed by atoms with Crippen molar-refractivity contribution >= 4 is 11.8 Å². The molecule has 4 nitrogen and oxygen atoms in total. The Morgan fingerprint density at radius 2 is 2.07 bits per heavy atom. The first-order chi connectivity index (χ1) is 6.90. The molecule has 1 aliphatic heterocycles. The lowest BCUT2D eigenvalue weighted by Gasteiger charge is -2.09.